The Balaban J connectivity index is 2.96. The molecular formula is C26H41ClNO2P. The summed E-state index contributed by atoms with van der Waals surface area (Å²) in [5.41, 5.74) is 5.82. The molecule has 174 valence electrons. The molecule has 1 aromatic rings. The molecule has 0 aromatic heterocycles. The molecule has 1 aromatic carbocycles. The van der Waals surface area contributed by atoms with E-state index in [0.717, 1.165) is 11.2 Å². The van der Waals surface area contributed by atoms with Crippen LogP contribution in [0.1, 0.15) is 92.9 Å². The lowest BCUT2D eigenvalue weighted by atomic mass is 9.74. The SMILES string of the molecule is CCO/C(Cl)=C/P1(=Nc2c(C(C)(C)C)cc(C(C)(C)C)cc2C(C)(C)C)C(C)=C1OC. The second kappa shape index (κ2) is 8.64. The van der Waals surface area contributed by atoms with Gasteiger partial charge in [0.1, 0.15) is 5.50 Å². The van der Waals surface area contributed by atoms with Crippen molar-refractivity contribution in [3.63, 3.8) is 0 Å². The van der Waals surface area contributed by atoms with Crippen molar-refractivity contribution < 1.29 is 9.47 Å². The van der Waals surface area contributed by atoms with Crippen LogP contribution in [0.15, 0.2) is 38.7 Å². The molecular weight excluding hydrogens is 425 g/mol. The molecule has 1 atom stereocenters. The number of nitrogens with zero attached hydrogens (tertiary/aromatic N) is 1. The Labute approximate surface area is 195 Å². The van der Waals surface area contributed by atoms with Crippen molar-refractivity contribution in [2.24, 2.45) is 4.74 Å². The standard InChI is InChI=1S/C26H41ClNO2P/c1-13-30-21(27)16-31(17(2)23(31)29-12)28-22-19(25(6,7)8)14-18(24(3,4)5)15-20(22)26(9,10)11/h14-16H,13H2,1-12H3/b21-16+. The maximum Gasteiger partial charge on any atom is 0.189 e. The number of allylic oxidation sites excluding steroid dienone is 1. The smallest absolute Gasteiger partial charge is 0.189 e. The summed E-state index contributed by atoms with van der Waals surface area (Å²) in [6, 6.07) is 4.70. The van der Waals surface area contributed by atoms with E-state index in [1.54, 1.807) is 7.11 Å². The molecule has 31 heavy (non-hydrogen) atoms. The Bertz CT molecular complexity index is 932. The van der Waals surface area contributed by atoms with Crippen LogP contribution in [0.5, 0.6) is 0 Å². The number of benzene rings is 1. The molecule has 5 heteroatoms. The maximum atomic E-state index is 6.43. The summed E-state index contributed by atoms with van der Waals surface area (Å²) < 4.78 is 16.8. The molecule has 1 unspecified atom stereocenters. The zero-order chi connectivity index (χ0) is 24.0. The number of ether oxygens (including phenoxy) is 2. The Hall–Kier alpha value is -1.18. The van der Waals surface area contributed by atoms with Crippen LogP contribution in [-0.4, -0.2) is 13.7 Å². The number of methoxy groups -OCH3 is 1. The van der Waals surface area contributed by atoms with E-state index in [4.69, 9.17) is 25.8 Å². The number of halogens is 1. The highest BCUT2D eigenvalue weighted by Gasteiger charge is 2.45. The van der Waals surface area contributed by atoms with Crippen molar-refractivity contribution in [1.82, 2.24) is 0 Å². The van der Waals surface area contributed by atoms with E-state index < -0.39 is 7.05 Å². The molecule has 1 aliphatic rings. The molecule has 0 saturated carbocycles. The third kappa shape index (κ3) is 5.42. The van der Waals surface area contributed by atoms with E-state index in [0.29, 0.717) is 11.8 Å². The van der Waals surface area contributed by atoms with Gasteiger partial charge in [0, 0.05) is 11.1 Å². The van der Waals surface area contributed by atoms with E-state index >= 15 is 0 Å². The first-order valence-electron chi connectivity index (χ1n) is 11.1. The molecule has 0 aliphatic carbocycles. The minimum atomic E-state index is -2.13. The number of rotatable bonds is 5. The van der Waals surface area contributed by atoms with Gasteiger partial charge in [-0.25, -0.2) is 0 Å². The lowest BCUT2D eigenvalue weighted by Crippen LogP contribution is -2.21. The second-order valence-corrected chi connectivity index (χ2v) is 14.7. The van der Waals surface area contributed by atoms with Crippen LogP contribution in [0.25, 0.3) is 0 Å². The van der Waals surface area contributed by atoms with Crippen molar-refractivity contribution in [2.75, 3.05) is 13.7 Å². The van der Waals surface area contributed by atoms with Gasteiger partial charge in [0.2, 0.25) is 0 Å². The summed E-state index contributed by atoms with van der Waals surface area (Å²) in [6.07, 6.45) is 0. The lowest BCUT2D eigenvalue weighted by molar-refractivity contribution is 0.256. The molecule has 0 radical (unpaired) electrons. The third-order valence-corrected chi connectivity index (χ3v) is 9.33. The summed E-state index contributed by atoms with van der Waals surface area (Å²) >= 11 is 6.43. The lowest BCUT2D eigenvalue weighted by Gasteiger charge is -2.32. The van der Waals surface area contributed by atoms with Gasteiger partial charge in [-0.1, -0.05) is 74.4 Å². The molecule has 0 spiro atoms. The van der Waals surface area contributed by atoms with E-state index in [9.17, 15) is 0 Å². The summed E-state index contributed by atoms with van der Waals surface area (Å²) in [5, 5.41) is 1.57. The van der Waals surface area contributed by atoms with E-state index in [1.807, 2.05) is 12.7 Å². The Morgan fingerprint density at radius 2 is 1.45 bits per heavy atom. The van der Waals surface area contributed by atoms with Crippen LogP contribution in [0.3, 0.4) is 0 Å². The summed E-state index contributed by atoms with van der Waals surface area (Å²) in [4.78, 5) is 0. The minimum Gasteiger partial charge on any atom is -0.494 e. The zero-order valence-electron chi connectivity index (χ0n) is 21.5. The molecule has 0 saturated heterocycles. The molecule has 1 aliphatic heterocycles. The van der Waals surface area contributed by atoms with Gasteiger partial charge >= 0.3 is 0 Å². The molecule has 1 heterocycles. The summed E-state index contributed by atoms with van der Waals surface area (Å²) in [7, 11) is -0.414. The van der Waals surface area contributed by atoms with Crippen LogP contribution >= 0.6 is 18.7 Å². The molecule has 0 fully saturated rings. The Kier molecular flexibility index (Phi) is 7.26. The molecule has 3 nitrogen and oxygen atoms in total. The van der Waals surface area contributed by atoms with Gasteiger partial charge in [-0.05, 0) is 58.4 Å². The van der Waals surface area contributed by atoms with Gasteiger partial charge in [0.25, 0.3) is 0 Å². The fourth-order valence-electron chi connectivity index (χ4n) is 3.73. The minimum absolute atomic E-state index is 0.0506. The first kappa shape index (κ1) is 26.1. The van der Waals surface area contributed by atoms with Crippen molar-refractivity contribution in [3.8, 4) is 0 Å². The number of hydrogen-bond acceptors (Lipinski definition) is 3. The first-order chi connectivity index (χ1) is 14.0. The zero-order valence-corrected chi connectivity index (χ0v) is 23.2. The molecule has 0 bridgehead atoms. The molecule has 2 rings (SSSR count). The fraction of sp³-hybridized carbons (Fsp3) is 0.615. The van der Waals surface area contributed by atoms with Crippen LogP contribution in [0.4, 0.5) is 5.69 Å². The third-order valence-electron chi connectivity index (χ3n) is 5.69. The largest absolute Gasteiger partial charge is 0.494 e. The van der Waals surface area contributed by atoms with Gasteiger partial charge in [0.15, 0.2) is 5.22 Å². The van der Waals surface area contributed by atoms with Gasteiger partial charge in [-0.15, -0.1) is 0 Å². The fourth-order valence-corrected chi connectivity index (χ4v) is 7.12. The average Bonchev–Trinajstić information content (AvgIpc) is 3.13. The van der Waals surface area contributed by atoms with E-state index in [1.165, 1.54) is 22.0 Å². The van der Waals surface area contributed by atoms with Crippen LogP contribution in [0.2, 0.25) is 0 Å². The monoisotopic (exact) mass is 465 g/mol. The molecule has 0 N–H and O–H groups in total. The highest BCUT2D eigenvalue weighted by atomic mass is 35.5. The van der Waals surface area contributed by atoms with Gasteiger partial charge in [-0.2, -0.15) is 0 Å². The van der Waals surface area contributed by atoms with Gasteiger partial charge in [0.05, 0.1) is 26.5 Å². The van der Waals surface area contributed by atoms with Crippen LogP contribution < -0.4 is 0 Å². The van der Waals surface area contributed by atoms with Crippen LogP contribution in [-0.2, 0) is 25.7 Å². The van der Waals surface area contributed by atoms with E-state index in [2.05, 4.69) is 81.4 Å². The Morgan fingerprint density at radius 3 is 1.77 bits per heavy atom. The Morgan fingerprint density at radius 1 is 0.968 bits per heavy atom. The quantitative estimate of drug-likeness (QED) is 0.320. The summed E-state index contributed by atoms with van der Waals surface area (Å²) in [6.45, 7) is 24.9. The predicted molar refractivity (Wildman–Crippen MR) is 137 cm³/mol. The van der Waals surface area contributed by atoms with E-state index in [-0.39, 0.29) is 16.2 Å². The van der Waals surface area contributed by atoms with Crippen molar-refractivity contribution in [3.05, 3.63) is 50.7 Å². The number of hydrogen-bond donors (Lipinski definition) is 0. The average molecular weight is 466 g/mol. The van der Waals surface area contributed by atoms with Crippen molar-refractivity contribution >= 4 is 24.3 Å². The van der Waals surface area contributed by atoms with Crippen molar-refractivity contribution in [2.45, 2.75) is 92.4 Å². The topological polar surface area (TPSA) is 30.8 Å². The highest BCUT2D eigenvalue weighted by molar-refractivity contribution is 7.84. The first-order valence-corrected chi connectivity index (χ1v) is 13.3. The van der Waals surface area contributed by atoms with Crippen LogP contribution in [0, 0.1) is 0 Å². The predicted octanol–water partition coefficient (Wildman–Crippen LogP) is 9.34. The highest BCUT2D eigenvalue weighted by Crippen LogP contribution is 2.82. The summed E-state index contributed by atoms with van der Waals surface area (Å²) in [5.74, 6) is 1.99. The van der Waals surface area contributed by atoms with Gasteiger partial charge < -0.3 is 9.47 Å². The maximum absolute atomic E-state index is 6.43. The van der Waals surface area contributed by atoms with Crippen molar-refractivity contribution in [1.29, 1.82) is 0 Å². The second-order valence-electron chi connectivity index (χ2n) is 11.4. The van der Waals surface area contributed by atoms with Gasteiger partial charge in [-0.3, -0.25) is 4.74 Å². The molecule has 0 amide bonds. The normalized spacial score (nSPS) is 20.1.